The van der Waals surface area contributed by atoms with Crippen LogP contribution in [-0.2, 0) is 9.53 Å². The molecule has 0 bridgehead atoms. The van der Waals surface area contributed by atoms with Gasteiger partial charge in [-0.2, -0.15) is 0 Å². The van der Waals surface area contributed by atoms with Gasteiger partial charge in [0.25, 0.3) is 0 Å². The average molecular weight is 413 g/mol. The summed E-state index contributed by atoms with van der Waals surface area (Å²) in [6.45, 7) is 12.1. The van der Waals surface area contributed by atoms with Gasteiger partial charge in [0, 0.05) is 6.42 Å². The Hall–Kier alpha value is -1.05. The molecule has 0 radical (unpaired) electrons. The minimum atomic E-state index is -0.0575. The van der Waals surface area contributed by atoms with Crippen molar-refractivity contribution in [2.75, 3.05) is 0 Å². The highest BCUT2D eigenvalue weighted by molar-refractivity contribution is 5.71. The van der Waals surface area contributed by atoms with E-state index in [-0.39, 0.29) is 17.5 Å². The SMILES string of the molecule is CC/C=C/CC(=O)O[C@H]1CC=C2[C@H]3CC[C@]4(C)[C@@H](C(C)C)CC[C@H]4[C@@H]3CC[C@]2(C)C1. The Kier molecular flexibility index (Phi) is 6.26. The lowest BCUT2D eigenvalue weighted by Gasteiger charge is -2.57. The third kappa shape index (κ3) is 3.82. The highest BCUT2D eigenvalue weighted by Crippen LogP contribution is 2.66. The minimum Gasteiger partial charge on any atom is -0.462 e. The fraction of sp³-hybridized carbons (Fsp3) is 0.821. The Morgan fingerprint density at radius 3 is 2.70 bits per heavy atom. The summed E-state index contributed by atoms with van der Waals surface area (Å²) >= 11 is 0. The molecule has 2 nitrogen and oxygen atoms in total. The van der Waals surface area contributed by atoms with E-state index in [9.17, 15) is 4.79 Å². The Morgan fingerprint density at radius 1 is 1.17 bits per heavy atom. The number of rotatable bonds is 5. The molecule has 2 heteroatoms. The zero-order valence-electron chi connectivity index (χ0n) is 20.1. The first kappa shape index (κ1) is 22.2. The molecule has 4 aliphatic carbocycles. The minimum absolute atomic E-state index is 0.0575. The van der Waals surface area contributed by atoms with Gasteiger partial charge in [-0.1, -0.05) is 58.4 Å². The molecule has 3 fully saturated rings. The van der Waals surface area contributed by atoms with Crippen LogP contribution < -0.4 is 0 Å². The first-order chi connectivity index (χ1) is 14.3. The number of hydrogen-bond acceptors (Lipinski definition) is 2. The van der Waals surface area contributed by atoms with E-state index < -0.39 is 0 Å². The van der Waals surface area contributed by atoms with Crippen LogP contribution >= 0.6 is 0 Å². The number of ether oxygens (including phenoxy) is 1. The maximum absolute atomic E-state index is 12.2. The van der Waals surface area contributed by atoms with Crippen LogP contribution in [0.15, 0.2) is 23.8 Å². The Bertz CT molecular complexity index is 703. The smallest absolute Gasteiger partial charge is 0.309 e. The number of esters is 1. The standard InChI is InChI=1S/C28H44O2/c1-6-7-8-9-26(29)30-20-10-11-24-21-15-17-28(5)23(19(2)3)12-13-25(28)22(21)14-16-27(24,4)18-20/h7-8,11,19-23,25H,6,9-10,12-18H2,1-5H3/b8-7+/t20-,21-,22+,23+,25-,27+,28+/m0/s1. The predicted molar refractivity (Wildman–Crippen MR) is 124 cm³/mol. The quantitative estimate of drug-likeness (QED) is 0.345. The van der Waals surface area contributed by atoms with Gasteiger partial charge in [0.15, 0.2) is 0 Å². The fourth-order valence-corrected chi connectivity index (χ4v) is 8.42. The molecule has 4 aliphatic rings. The molecular weight excluding hydrogens is 368 g/mol. The third-order valence-corrected chi connectivity index (χ3v) is 9.70. The summed E-state index contributed by atoms with van der Waals surface area (Å²) in [5.74, 6) is 4.29. The first-order valence-electron chi connectivity index (χ1n) is 12.8. The van der Waals surface area contributed by atoms with E-state index in [4.69, 9.17) is 4.74 Å². The van der Waals surface area contributed by atoms with Gasteiger partial charge in [-0.25, -0.2) is 0 Å². The molecule has 3 saturated carbocycles. The molecule has 7 atom stereocenters. The zero-order chi connectivity index (χ0) is 21.5. The second kappa shape index (κ2) is 8.47. The van der Waals surface area contributed by atoms with Crippen molar-refractivity contribution in [2.24, 2.45) is 40.4 Å². The molecule has 30 heavy (non-hydrogen) atoms. The monoisotopic (exact) mass is 412 g/mol. The molecule has 0 N–H and O–H groups in total. The summed E-state index contributed by atoms with van der Waals surface area (Å²) in [6.07, 6.45) is 18.3. The van der Waals surface area contributed by atoms with Crippen molar-refractivity contribution in [3.8, 4) is 0 Å². The molecule has 0 aliphatic heterocycles. The highest BCUT2D eigenvalue weighted by Gasteiger charge is 2.57. The number of fused-ring (bicyclic) bond motifs is 5. The van der Waals surface area contributed by atoms with E-state index in [1.807, 2.05) is 12.2 Å². The lowest BCUT2D eigenvalue weighted by molar-refractivity contribution is -0.150. The topological polar surface area (TPSA) is 26.3 Å². The molecule has 0 aromatic heterocycles. The van der Waals surface area contributed by atoms with E-state index in [1.54, 1.807) is 5.57 Å². The van der Waals surface area contributed by atoms with Crippen LogP contribution in [0.5, 0.6) is 0 Å². The second-order valence-electron chi connectivity index (χ2n) is 11.7. The molecule has 0 amide bonds. The maximum atomic E-state index is 12.2. The van der Waals surface area contributed by atoms with Crippen molar-refractivity contribution in [3.63, 3.8) is 0 Å². The van der Waals surface area contributed by atoms with Gasteiger partial charge in [-0.15, -0.1) is 0 Å². The van der Waals surface area contributed by atoms with Crippen molar-refractivity contribution in [2.45, 2.75) is 105 Å². The van der Waals surface area contributed by atoms with Crippen molar-refractivity contribution < 1.29 is 9.53 Å². The summed E-state index contributed by atoms with van der Waals surface area (Å²) in [4.78, 5) is 12.2. The van der Waals surface area contributed by atoms with Gasteiger partial charge in [-0.3, -0.25) is 4.79 Å². The van der Waals surface area contributed by atoms with Crippen LogP contribution in [0.2, 0.25) is 0 Å². The van der Waals surface area contributed by atoms with E-state index >= 15 is 0 Å². The van der Waals surface area contributed by atoms with Crippen LogP contribution in [0.3, 0.4) is 0 Å². The summed E-state index contributed by atoms with van der Waals surface area (Å²) in [6, 6.07) is 0. The van der Waals surface area contributed by atoms with Gasteiger partial charge in [0.05, 0.1) is 6.42 Å². The van der Waals surface area contributed by atoms with E-state index in [2.05, 4.69) is 40.7 Å². The van der Waals surface area contributed by atoms with Crippen LogP contribution in [0.1, 0.15) is 98.8 Å². The fourth-order valence-electron chi connectivity index (χ4n) is 8.42. The van der Waals surface area contributed by atoms with Gasteiger partial charge in [0.2, 0.25) is 0 Å². The van der Waals surface area contributed by atoms with Gasteiger partial charge >= 0.3 is 5.97 Å². The summed E-state index contributed by atoms with van der Waals surface area (Å²) in [5.41, 5.74) is 2.56. The average Bonchev–Trinajstić information content (AvgIpc) is 3.04. The van der Waals surface area contributed by atoms with Gasteiger partial charge in [-0.05, 0) is 91.8 Å². The normalized spacial score (nSPS) is 43.1. The molecule has 0 aromatic carbocycles. The van der Waals surface area contributed by atoms with Gasteiger partial charge in [0.1, 0.15) is 6.10 Å². The Balaban J connectivity index is 1.46. The zero-order valence-corrected chi connectivity index (χ0v) is 20.1. The highest BCUT2D eigenvalue weighted by atomic mass is 16.5. The van der Waals surface area contributed by atoms with E-state index in [1.165, 1.54) is 38.5 Å². The second-order valence-corrected chi connectivity index (χ2v) is 11.7. The summed E-state index contributed by atoms with van der Waals surface area (Å²) in [7, 11) is 0. The van der Waals surface area contributed by atoms with Crippen LogP contribution in [0.25, 0.3) is 0 Å². The van der Waals surface area contributed by atoms with E-state index in [0.29, 0.717) is 11.8 Å². The van der Waals surface area contributed by atoms with Crippen molar-refractivity contribution in [1.82, 2.24) is 0 Å². The van der Waals surface area contributed by atoms with Crippen LogP contribution in [0.4, 0.5) is 0 Å². The largest absolute Gasteiger partial charge is 0.462 e. The molecule has 0 aromatic rings. The summed E-state index contributed by atoms with van der Waals surface area (Å²) in [5, 5.41) is 0. The van der Waals surface area contributed by atoms with Crippen molar-refractivity contribution in [1.29, 1.82) is 0 Å². The first-order valence-corrected chi connectivity index (χ1v) is 12.8. The maximum Gasteiger partial charge on any atom is 0.309 e. The van der Waals surface area contributed by atoms with E-state index in [0.717, 1.165) is 48.9 Å². The van der Waals surface area contributed by atoms with Crippen molar-refractivity contribution in [3.05, 3.63) is 23.8 Å². The number of carbonyl (C=O) groups is 1. The molecule has 0 spiro atoms. The van der Waals surface area contributed by atoms with Crippen molar-refractivity contribution >= 4 is 5.97 Å². The number of allylic oxidation sites excluding steroid dienone is 2. The van der Waals surface area contributed by atoms with Crippen LogP contribution in [-0.4, -0.2) is 12.1 Å². The lowest BCUT2D eigenvalue weighted by atomic mass is 9.48. The summed E-state index contributed by atoms with van der Waals surface area (Å²) < 4.78 is 5.88. The molecular formula is C28H44O2. The molecule has 168 valence electrons. The Labute approximate surface area is 184 Å². The molecule has 0 heterocycles. The molecule has 4 rings (SSSR count). The molecule has 0 unspecified atom stereocenters. The number of carbonyl (C=O) groups excluding carboxylic acids is 1. The third-order valence-electron chi connectivity index (χ3n) is 9.70. The Morgan fingerprint density at radius 2 is 1.97 bits per heavy atom. The number of hydrogen-bond donors (Lipinski definition) is 0. The lowest BCUT2D eigenvalue weighted by Crippen LogP contribution is -2.49. The predicted octanol–water partition coefficient (Wildman–Crippen LogP) is 7.49. The van der Waals surface area contributed by atoms with Gasteiger partial charge < -0.3 is 4.74 Å². The molecule has 0 saturated heterocycles. The van der Waals surface area contributed by atoms with Crippen LogP contribution in [0, 0.1) is 40.4 Å².